The number of carbonyl (C=O) groups excluding carboxylic acids is 1. The number of carbonyl (C=O) groups is 1. The molecule has 0 saturated heterocycles. The molecule has 2 amide bonds. The molecule has 0 bridgehead atoms. The van der Waals surface area contributed by atoms with Crippen LogP contribution in [0.4, 0.5) is 4.79 Å². The van der Waals surface area contributed by atoms with Crippen molar-refractivity contribution in [2.45, 2.75) is 31.8 Å². The molecule has 0 radical (unpaired) electrons. The zero-order valence-corrected chi connectivity index (χ0v) is 13.0. The molecule has 0 atom stereocenters. The summed E-state index contributed by atoms with van der Waals surface area (Å²) in [7, 11) is 4.26. The zero-order valence-electron chi connectivity index (χ0n) is 13.0. The summed E-state index contributed by atoms with van der Waals surface area (Å²) in [6, 6.07) is 9.22. The van der Waals surface area contributed by atoms with Gasteiger partial charge in [0.2, 0.25) is 0 Å². The number of amides is 2. The highest BCUT2D eigenvalue weighted by atomic mass is 16.2. The van der Waals surface area contributed by atoms with E-state index in [1.807, 2.05) is 4.90 Å². The van der Waals surface area contributed by atoms with Gasteiger partial charge in [0, 0.05) is 25.7 Å². The maximum atomic E-state index is 12.3. The van der Waals surface area contributed by atoms with Gasteiger partial charge < -0.3 is 15.1 Å². The second-order valence-electron chi connectivity index (χ2n) is 6.58. The van der Waals surface area contributed by atoms with Gasteiger partial charge in [-0.1, -0.05) is 24.3 Å². The molecule has 2 aliphatic rings. The van der Waals surface area contributed by atoms with Gasteiger partial charge in [-0.25, -0.2) is 4.79 Å². The standard InChI is InChI=1S/C17H25N3O/c1-19(2)16-9-13(10-16)11-18-17(21)20-8-7-14-5-3-4-6-15(14)12-20/h3-6,13,16H,7-12H2,1-2H3,(H,18,21). The fourth-order valence-electron chi connectivity index (χ4n) is 3.30. The van der Waals surface area contributed by atoms with Crippen LogP contribution in [0.1, 0.15) is 24.0 Å². The summed E-state index contributed by atoms with van der Waals surface area (Å²) in [5.41, 5.74) is 2.67. The van der Waals surface area contributed by atoms with Crippen LogP contribution in [0.25, 0.3) is 0 Å². The first kappa shape index (κ1) is 14.4. The van der Waals surface area contributed by atoms with E-state index in [1.54, 1.807) is 0 Å². The minimum Gasteiger partial charge on any atom is -0.338 e. The molecule has 1 aromatic carbocycles. The van der Waals surface area contributed by atoms with Crippen LogP contribution >= 0.6 is 0 Å². The zero-order chi connectivity index (χ0) is 14.8. The Morgan fingerprint density at radius 2 is 2.00 bits per heavy atom. The Labute approximate surface area is 127 Å². The van der Waals surface area contributed by atoms with Crippen LogP contribution in [-0.4, -0.2) is 49.1 Å². The van der Waals surface area contributed by atoms with E-state index in [0.29, 0.717) is 12.0 Å². The molecular formula is C17H25N3O. The molecule has 0 spiro atoms. The largest absolute Gasteiger partial charge is 0.338 e. The molecule has 1 heterocycles. The second kappa shape index (κ2) is 6.06. The summed E-state index contributed by atoms with van der Waals surface area (Å²) in [6.07, 6.45) is 3.38. The van der Waals surface area contributed by atoms with Crippen molar-refractivity contribution in [1.29, 1.82) is 0 Å². The molecule has 0 aromatic heterocycles. The Hall–Kier alpha value is -1.55. The van der Waals surface area contributed by atoms with E-state index >= 15 is 0 Å². The van der Waals surface area contributed by atoms with E-state index < -0.39 is 0 Å². The Morgan fingerprint density at radius 3 is 2.71 bits per heavy atom. The third-order valence-corrected chi connectivity index (χ3v) is 4.90. The predicted molar refractivity (Wildman–Crippen MR) is 84.2 cm³/mol. The predicted octanol–water partition coefficient (Wildman–Crippen LogP) is 2.09. The molecule has 1 N–H and O–H groups in total. The van der Waals surface area contributed by atoms with Gasteiger partial charge >= 0.3 is 6.03 Å². The molecular weight excluding hydrogens is 262 g/mol. The van der Waals surface area contributed by atoms with Crippen molar-refractivity contribution in [2.75, 3.05) is 27.2 Å². The SMILES string of the molecule is CN(C)C1CC(CNC(=O)N2CCc3ccccc3C2)C1. The summed E-state index contributed by atoms with van der Waals surface area (Å²) >= 11 is 0. The van der Waals surface area contributed by atoms with Crippen molar-refractivity contribution >= 4 is 6.03 Å². The van der Waals surface area contributed by atoms with Gasteiger partial charge in [-0.05, 0) is 50.4 Å². The van der Waals surface area contributed by atoms with Crippen LogP contribution in [-0.2, 0) is 13.0 Å². The first-order valence-electron chi connectivity index (χ1n) is 7.89. The van der Waals surface area contributed by atoms with Crippen LogP contribution < -0.4 is 5.32 Å². The molecule has 0 unspecified atom stereocenters. The lowest BCUT2D eigenvalue weighted by molar-refractivity contribution is 0.120. The van der Waals surface area contributed by atoms with Crippen LogP contribution in [0.3, 0.4) is 0 Å². The van der Waals surface area contributed by atoms with E-state index in [4.69, 9.17) is 0 Å². The number of nitrogens with zero attached hydrogens (tertiary/aromatic N) is 2. The average Bonchev–Trinajstić information content (AvgIpc) is 2.44. The monoisotopic (exact) mass is 287 g/mol. The Kier molecular flexibility index (Phi) is 4.15. The summed E-state index contributed by atoms with van der Waals surface area (Å²) in [6.45, 7) is 2.39. The number of urea groups is 1. The number of fused-ring (bicyclic) bond motifs is 1. The van der Waals surface area contributed by atoms with E-state index in [2.05, 4.69) is 48.6 Å². The molecule has 1 aliphatic carbocycles. The van der Waals surface area contributed by atoms with Crippen molar-refractivity contribution in [1.82, 2.24) is 15.1 Å². The van der Waals surface area contributed by atoms with Crippen molar-refractivity contribution in [3.8, 4) is 0 Å². The number of hydrogen-bond acceptors (Lipinski definition) is 2. The maximum absolute atomic E-state index is 12.3. The molecule has 114 valence electrons. The van der Waals surface area contributed by atoms with Crippen molar-refractivity contribution in [2.24, 2.45) is 5.92 Å². The smallest absolute Gasteiger partial charge is 0.317 e. The third kappa shape index (κ3) is 3.21. The first-order chi connectivity index (χ1) is 10.1. The van der Waals surface area contributed by atoms with Crippen molar-refractivity contribution in [3.05, 3.63) is 35.4 Å². The molecule has 1 fully saturated rings. The second-order valence-corrected chi connectivity index (χ2v) is 6.58. The van der Waals surface area contributed by atoms with Crippen molar-refractivity contribution in [3.63, 3.8) is 0 Å². The number of benzene rings is 1. The summed E-state index contributed by atoms with van der Waals surface area (Å²) in [5, 5.41) is 3.11. The van der Waals surface area contributed by atoms with E-state index in [0.717, 1.165) is 26.1 Å². The lowest BCUT2D eigenvalue weighted by Gasteiger charge is -2.40. The summed E-state index contributed by atoms with van der Waals surface area (Å²) in [5.74, 6) is 0.651. The number of rotatable bonds is 3. The van der Waals surface area contributed by atoms with Gasteiger partial charge in [0.1, 0.15) is 0 Å². The minimum absolute atomic E-state index is 0.0952. The van der Waals surface area contributed by atoms with Crippen molar-refractivity contribution < 1.29 is 4.79 Å². The van der Waals surface area contributed by atoms with Gasteiger partial charge in [-0.2, -0.15) is 0 Å². The Bertz CT molecular complexity index is 509. The lowest BCUT2D eigenvalue weighted by Crippen LogP contribution is -2.48. The molecule has 3 rings (SSSR count). The quantitative estimate of drug-likeness (QED) is 0.924. The molecule has 4 nitrogen and oxygen atoms in total. The van der Waals surface area contributed by atoms with Gasteiger partial charge in [-0.3, -0.25) is 0 Å². The summed E-state index contributed by atoms with van der Waals surface area (Å²) in [4.78, 5) is 16.5. The average molecular weight is 287 g/mol. The highest BCUT2D eigenvalue weighted by Crippen LogP contribution is 2.29. The van der Waals surface area contributed by atoms with Crippen LogP contribution in [0.5, 0.6) is 0 Å². The van der Waals surface area contributed by atoms with E-state index in [1.165, 1.54) is 24.0 Å². The summed E-state index contributed by atoms with van der Waals surface area (Å²) < 4.78 is 0. The van der Waals surface area contributed by atoms with Gasteiger partial charge in [-0.15, -0.1) is 0 Å². The normalized spacial score (nSPS) is 24.4. The number of hydrogen-bond donors (Lipinski definition) is 1. The fourth-order valence-corrected chi connectivity index (χ4v) is 3.30. The maximum Gasteiger partial charge on any atom is 0.317 e. The molecule has 1 aromatic rings. The molecule has 21 heavy (non-hydrogen) atoms. The van der Waals surface area contributed by atoms with Gasteiger partial charge in [0.05, 0.1) is 0 Å². The Morgan fingerprint density at radius 1 is 1.29 bits per heavy atom. The molecule has 1 aliphatic heterocycles. The molecule has 4 heteroatoms. The van der Waals surface area contributed by atoms with Crippen LogP contribution in [0, 0.1) is 5.92 Å². The van der Waals surface area contributed by atoms with E-state index in [-0.39, 0.29) is 6.03 Å². The van der Waals surface area contributed by atoms with Gasteiger partial charge in [0.15, 0.2) is 0 Å². The third-order valence-electron chi connectivity index (χ3n) is 4.90. The first-order valence-corrected chi connectivity index (χ1v) is 7.89. The Balaban J connectivity index is 1.45. The molecule has 1 saturated carbocycles. The van der Waals surface area contributed by atoms with Gasteiger partial charge in [0.25, 0.3) is 0 Å². The van der Waals surface area contributed by atoms with Crippen LogP contribution in [0.2, 0.25) is 0 Å². The number of nitrogens with one attached hydrogen (secondary N) is 1. The lowest BCUT2D eigenvalue weighted by atomic mass is 9.79. The van der Waals surface area contributed by atoms with Crippen LogP contribution in [0.15, 0.2) is 24.3 Å². The highest BCUT2D eigenvalue weighted by molar-refractivity contribution is 5.74. The van der Waals surface area contributed by atoms with E-state index in [9.17, 15) is 4.79 Å². The fraction of sp³-hybridized carbons (Fsp3) is 0.588. The minimum atomic E-state index is 0.0952. The highest BCUT2D eigenvalue weighted by Gasteiger charge is 2.31. The topological polar surface area (TPSA) is 35.6 Å².